The minimum absolute atomic E-state index is 0.0301. The zero-order chi connectivity index (χ0) is 24.0. The summed E-state index contributed by atoms with van der Waals surface area (Å²) in [5.74, 6) is -1.66. The van der Waals surface area contributed by atoms with Crippen molar-refractivity contribution in [3.8, 4) is 6.07 Å². The molecule has 0 aromatic heterocycles. The zero-order valence-electron chi connectivity index (χ0n) is 17.7. The number of aliphatic carboxylic acids is 1. The molecule has 1 fully saturated rings. The first-order chi connectivity index (χ1) is 15.8. The molecule has 1 unspecified atom stereocenters. The van der Waals surface area contributed by atoms with Gasteiger partial charge in [0.15, 0.2) is 0 Å². The van der Waals surface area contributed by atoms with E-state index in [4.69, 9.17) is 23.2 Å². The van der Waals surface area contributed by atoms with Crippen molar-refractivity contribution in [3.05, 3.63) is 75.3 Å². The van der Waals surface area contributed by atoms with E-state index in [2.05, 4.69) is 11.4 Å². The number of ketones is 1. The number of hydrogen-bond acceptors (Lipinski definition) is 4. The third-order valence-electron chi connectivity index (χ3n) is 5.81. The van der Waals surface area contributed by atoms with Crippen LogP contribution >= 0.6 is 23.2 Å². The number of nitrogens with one attached hydrogen (secondary N) is 1. The molecular weight excluding hydrogens is 463 g/mol. The lowest BCUT2D eigenvalue weighted by molar-refractivity contribution is -0.139. The molecule has 0 aliphatic heterocycles. The minimum Gasteiger partial charge on any atom is -0.480 e. The molecule has 0 saturated heterocycles. The number of halogens is 2. The fraction of sp³-hybridized carbons (Fsp3) is 0.280. The predicted octanol–water partition coefficient (Wildman–Crippen LogP) is 5.18. The molecule has 1 aliphatic rings. The Labute approximate surface area is 201 Å². The summed E-state index contributed by atoms with van der Waals surface area (Å²) in [5, 5.41) is 21.9. The molecule has 2 aromatic rings. The van der Waals surface area contributed by atoms with Crippen LogP contribution in [0.1, 0.15) is 53.6 Å². The standard InChI is InChI=1S/C25H22Cl2N2O4/c26-19-4-2-5-20(27)22(19)23(31)29-21(24(32)33)6-1-3-16-7-9-17(10-8-16)25(15-28)13-11-18(30)12-14-25/h1-5,7-10,21H,6,11-14H2,(H,29,31)(H,32,33)/b3-1+. The fourth-order valence-electron chi connectivity index (χ4n) is 3.84. The molecule has 2 aromatic carbocycles. The maximum Gasteiger partial charge on any atom is 0.326 e. The Morgan fingerprint density at radius 2 is 1.73 bits per heavy atom. The van der Waals surface area contributed by atoms with E-state index in [9.17, 15) is 24.8 Å². The summed E-state index contributed by atoms with van der Waals surface area (Å²) in [5.41, 5.74) is 1.09. The first kappa shape index (κ1) is 24.5. The van der Waals surface area contributed by atoms with Crippen LogP contribution in [0.15, 0.2) is 48.5 Å². The van der Waals surface area contributed by atoms with Crippen LogP contribution in [0.5, 0.6) is 0 Å². The van der Waals surface area contributed by atoms with Crippen molar-refractivity contribution in [2.45, 2.75) is 43.6 Å². The van der Waals surface area contributed by atoms with Gasteiger partial charge in [-0.3, -0.25) is 9.59 Å². The van der Waals surface area contributed by atoms with Crippen LogP contribution in [-0.2, 0) is 15.0 Å². The Hall–Kier alpha value is -3.14. The molecular formula is C25H22Cl2N2O4. The molecule has 0 bridgehead atoms. The summed E-state index contributed by atoms with van der Waals surface area (Å²) < 4.78 is 0. The molecule has 0 radical (unpaired) electrons. The molecule has 1 amide bonds. The second-order valence-electron chi connectivity index (χ2n) is 7.95. The van der Waals surface area contributed by atoms with Gasteiger partial charge < -0.3 is 10.4 Å². The van der Waals surface area contributed by atoms with E-state index in [0.29, 0.717) is 25.7 Å². The topological polar surface area (TPSA) is 107 Å². The van der Waals surface area contributed by atoms with E-state index in [1.165, 1.54) is 12.1 Å². The number of hydrogen-bond donors (Lipinski definition) is 2. The van der Waals surface area contributed by atoms with Gasteiger partial charge in [0, 0.05) is 12.8 Å². The lowest BCUT2D eigenvalue weighted by Gasteiger charge is -2.30. The molecule has 1 saturated carbocycles. The third kappa shape index (κ3) is 5.81. The fourth-order valence-corrected chi connectivity index (χ4v) is 4.41. The number of carbonyl (C=O) groups excluding carboxylic acids is 2. The molecule has 3 rings (SSSR count). The van der Waals surface area contributed by atoms with E-state index in [0.717, 1.165) is 11.1 Å². The smallest absolute Gasteiger partial charge is 0.326 e. The van der Waals surface area contributed by atoms with Crippen molar-refractivity contribution in [1.82, 2.24) is 5.32 Å². The van der Waals surface area contributed by atoms with Crippen molar-refractivity contribution >= 4 is 46.9 Å². The Kier molecular flexibility index (Phi) is 7.91. The van der Waals surface area contributed by atoms with Gasteiger partial charge in [0.2, 0.25) is 0 Å². The largest absolute Gasteiger partial charge is 0.480 e. The Balaban J connectivity index is 1.66. The molecule has 0 heterocycles. The predicted molar refractivity (Wildman–Crippen MR) is 126 cm³/mol. The van der Waals surface area contributed by atoms with Gasteiger partial charge >= 0.3 is 5.97 Å². The van der Waals surface area contributed by atoms with Gasteiger partial charge in [0.25, 0.3) is 5.91 Å². The van der Waals surface area contributed by atoms with Crippen LogP contribution in [0, 0.1) is 11.3 Å². The maximum absolute atomic E-state index is 12.5. The highest BCUT2D eigenvalue weighted by atomic mass is 35.5. The lowest BCUT2D eigenvalue weighted by atomic mass is 9.70. The van der Waals surface area contributed by atoms with Gasteiger partial charge in [-0.2, -0.15) is 5.26 Å². The third-order valence-corrected chi connectivity index (χ3v) is 6.44. The van der Waals surface area contributed by atoms with Crippen molar-refractivity contribution in [1.29, 1.82) is 5.26 Å². The molecule has 33 heavy (non-hydrogen) atoms. The van der Waals surface area contributed by atoms with Crippen LogP contribution in [0.2, 0.25) is 10.0 Å². The first-order valence-corrected chi connectivity index (χ1v) is 11.2. The molecule has 1 atom stereocenters. The zero-order valence-corrected chi connectivity index (χ0v) is 19.2. The Morgan fingerprint density at radius 1 is 1.12 bits per heavy atom. The van der Waals surface area contributed by atoms with Gasteiger partial charge in [0.05, 0.1) is 27.1 Å². The average molecular weight is 485 g/mol. The summed E-state index contributed by atoms with van der Waals surface area (Å²) in [6, 6.07) is 13.3. The van der Waals surface area contributed by atoms with Crippen molar-refractivity contribution in [2.24, 2.45) is 0 Å². The maximum atomic E-state index is 12.5. The van der Waals surface area contributed by atoms with Gasteiger partial charge in [-0.25, -0.2) is 4.79 Å². The van der Waals surface area contributed by atoms with Crippen LogP contribution in [0.3, 0.4) is 0 Å². The van der Waals surface area contributed by atoms with Gasteiger partial charge in [-0.1, -0.05) is 65.7 Å². The highest BCUT2D eigenvalue weighted by molar-refractivity contribution is 6.39. The number of rotatable bonds is 7. The summed E-state index contributed by atoms with van der Waals surface area (Å²) in [6.07, 6.45) is 5.32. The van der Waals surface area contributed by atoms with E-state index in [1.54, 1.807) is 18.2 Å². The van der Waals surface area contributed by atoms with E-state index in [-0.39, 0.29) is 27.8 Å². The van der Waals surface area contributed by atoms with E-state index < -0.39 is 23.3 Å². The highest BCUT2D eigenvalue weighted by Crippen LogP contribution is 2.37. The first-order valence-electron chi connectivity index (χ1n) is 10.4. The van der Waals surface area contributed by atoms with Crippen LogP contribution in [0.25, 0.3) is 6.08 Å². The van der Waals surface area contributed by atoms with E-state index in [1.807, 2.05) is 24.3 Å². The average Bonchev–Trinajstić information content (AvgIpc) is 2.79. The van der Waals surface area contributed by atoms with Gasteiger partial charge in [0.1, 0.15) is 11.8 Å². The number of carboxylic acid groups (broad SMARTS) is 1. The van der Waals surface area contributed by atoms with Crippen LogP contribution < -0.4 is 5.32 Å². The number of nitrogens with zero attached hydrogens (tertiary/aromatic N) is 1. The Morgan fingerprint density at radius 3 is 2.27 bits per heavy atom. The number of carboxylic acids is 1. The number of Topliss-reactive ketones (excluding diaryl/α,β-unsaturated/α-hetero) is 1. The second kappa shape index (κ2) is 10.7. The normalized spacial score (nSPS) is 16.2. The summed E-state index contributed by atoms with van der Waals surface area (Å²) in [6.45, 7) is 0. The molecule has 6 nitrogen and oxygen atoms in total. The summed E-state index contributed by atoms with van der Waals surface area (Å²) in [7, 11) is 0. The number of nitriles is 1. The highest BCUT2D eigenvalue weighted by Gasteiger charge is 2.36. The number of amides is 1. The molecule has 170 valence electrons. The van der Waals surface area contributed by atoms with E-state index >= 15 is 0 Å². The van der Waals surface area contributed by atoms with Crippen molar-refractivity contribution in [3.63, 3.8) is 0 Å². The summed E-state index contributed by atoms with van der Waals surface area (Å²) in [4.78, 5) is 35.7. The number of carbonyl (C=O) groups is 3. The SMILES string of the molecule is N#CC1(c2ccc(/C=C/CC(NC(=O)c3c(Cl)cccc3Cl)C(=O)O)cc2)CCC(=O)CC1. The Bertz CT molecular complexity index is 1110. The quantitative estimate of drug-likeness (QED) is 0.562. The lowest BCUT2D eigenvalue weighted by Crippen LogP contribution is -2.40. The van der Waals surface area contributed by atoms with Crippen LogP contribution in [0.4, 0.5) is 0 Å². The second-order valence-corrected chi connectivity index (χ2v) is 8.77. The van der Waals surface area contributed by atoms with Gasteiger partial charge in [-0.15, -0.1) is 0 Å². The monoisotopic (exact) mass is 484 g/mol. The van der Waals surface area contributed by atoms with Crippen molar-refractivity contribution in [2.75, 3.05) is 0 Å². The molecule has 8 heteroatoms. The van der Waals surface area contributed by atoms with Gasteiger partial charge in [-0.05, 0) is 42.5 Å². The molecule has 1 aliphatic carbocycles. The van der Waals surface area contributed by atoms with Crippen molar-refractivity contribution < 1.29 is 19.5 Å². The number of benzene rings is 2. The molecule has 2 N–H and O–H groups in total. The molecule has 0 spiro atoms. The minimum atomic E-state index is -1.19. The summed E-state index contributed by atoms with van der Waals surface area (Å²) >= 11 is 12.0. The van der Waals surface area contributed by atoms with Crippen LogP contribution in [-0.4, -0.2) is 28.8 Å².